The number of rotatable bonds is 6. The maximum atomic E-state index is 14.5. The van der Waals surface area contributed by atoms with Crippen LogP contribution in [0.25, 0.3) is 22.8 Å². The smallest absolute Gasteiger partial charge is 0.247 e. The van der Waals surface area contributed by atoms with Gasteiger partial charge in [0.2, 0.25) is 5.89 Å². The summed E-state index contributed by atoms with van der Waals surface area (Å²) in [6.07, 6.45) is 7.50. The van der Waals surface area contributed by atoms with Crippen LogP contribution >= 0.6 is 0 Å². The number of hydrogen-bond donors (Lipinski definition) is 1. The predicted molar refractivity (Wildman–Crippen MR) is 136 cm³/mol. The van der Waals surface area contributed by atoms with Crippen LogP contribution in [0.5, 0.6) is 0 Å². The molecule has 3 heterocycles. The predicted octanol–water partition coefficient (Wildman–Crippen LogP) is 6.08. The Bertz CT molecular complexity index is 1530. The highest BCUT2D eigenvalue weighted by molar-refractivity contribution is 5.64. The molecule has 0 saturated heterocycles. The zero-order valence-electron chi connectivity index (χ0n) is 21.8. The van der Waals surface area contributed by atoms with Gasteiger partial charge in [-0.1, -0.05) is 33.8 Å². The molecule has 4 aromatic rings. The van der Waals surface area contributed by atoms with Gasteiger partial charge in [0.15, 0.2) is 0 Å². The lowest BCUT2D eigenvalue weighted by Crippen LogP contribution is -2.38. The van der Waals surface area contributed by atoms with Gasteiger partial charge in [-0.15, -0.1) is 5.10 Å². The van der Waals surface area contributed by atoms with Crippen molar-refractivity contribution in [2.45, 2.75) is 70.3 Å². The van der Waals surface area contributed by atoms with Crippen molar-refractivity contribution in [2.75, 3.05) is 0 Å². The summed E-state index contributed by atoms with van der Waals surface area (Å²) in [7, 11) is 0. The monoisotopic (exact) mass is 517 g/mol. The number of fused-ring (bicyclic) bond motifs is 5. The van der Waals surface area contributed by atoms with Crippen LogP contribution in [-0.2, 0) is 11.0 Å². The summed E-state index contributed by atoms with van der Waals surface area (Å²) < 4.78 is 34.8. The lowest BCUT2D eigenvalue weighted by atomic mass is 9.66. The van der Waals surface area contributed by atoms with E-state index in [1.165, 1.54) is 24.5 Å². The fourth-order valence-corrected chi connectivity index (χ4v) is 6.65. The summed E-state index contributed by atoms with van der Waals surface area (Å²) in [4.78, 5) is 14.0. The van der Waals surface area contributed by atoms with Crippen molar-refractivity contribution in [2.24, 2.45) is 5.41 Å². The summed E-state index contributed by atoms with van der Waals surface area (Å²) in [6, 6.07) is 5.57. The minimum absolute atomic E-state index is 0.115. The molecule has 38 heavy (non-hydrogen) atoms. The van der Waals surface area contributed by atoms with Crippen molar-refractivity contribution in [1.82, 2.24) is 25.1 Å². The summed E-state index contributed by atoms with van der Waals surface area (Å²) in [6.45, 7) is 8.16. The van der Waals surface area contributed by atoms with E-state index in [2.05, 4.69) is 34.0 Å². The fraction of sp³-hybridized carbons (Fsp3) is 0.414. The highest BCUT2D eigenvalue weighted by Gasteiger charge is 2.65. The quantitative estimate of drug-likeness (QED) is 0.331. The third-order valence-corrected chi connectivity index (χ3v) is 9.04. The van der Waals surface area contributed by atoms with Gasteiger partial charge >= 0.3 is 0 Å². The molecule has 2 aliphatic carbocycles. The molecule has 1 aromatic carbocycles. The number of halogens is 2. The number of aromatic nitrogens is 5. The summed E-state index contributed by atoms with van der Waals surface area (Å²) in [5.74, 6) is -0.936. The number of aliphatic hydroxyl groups is 1. The Hall–Kier alpha value is -3.59. The van der Waals surface area contributed by atoms with Gasteiger partial charge in [-0.2, -0.15) is 5.10 Å². The van der Waals surface area contributed by atoms with Gasteiger partial charge in [-0.05, 0) is 60.8 Å². The van der Waals surface area contributed by atoms with E-state index in [1.54, 1.807) is 18.5 Å². The second-order valence-electron chi connectivity index (χ2n) is 10.9. The lowest BCUT2D eigenvalue weighted by Gasteiger charge is -2.37. The number of nitrogens with zero attached hydrogens (tertiary/aromatic N) is 5. The first-order valence-electron chi connectivity index (χ1n) is 13.0. The molecular formula is C29H29F2N5O2. The highest BCUT2D eigenvalue weighted by atomic mass is 19.1. The van der Waals surface area contributed by atoms with E-state index in [9.17, 15) is 13.9 Å². The second kappa shape index (κ2) is 8.46. The van der Waals surface area contributed by atoms with Crippen LogP contribution in [0.1, 0.15) is 81.9 Å². The standard InChI is InChI=1S/C29H29F2N5O2/c1-5-28(37,6-2)23-15-38-26(34-23)21-13-32-14-22(33-21)29-11-10-17(27(29,3)4)16-12-20(35-36-25(16)29)24-18(30)8-7-9-19(24)31/h7-9,12-15,17,37H,5-6,10-11H2,1-4H3/t17-,29-/m0/s1. The first-order chi connectivity index (χ1) is 18.2. The van der Waals surface area contributed by atoms with E-state index in [0.717, 1.165) is 29.8 Å². The minimum Gasteiger partial charge on any atom is -0.443 e. The molecule has 7 nitrogen and oxygen atoms in total. The summed E-state index contributed by atoms with van der Waals surface area (Å²) >= 11 is 0. The minimum atomic E-state index is -1.07. The molecule has 9 heteroatoms. The highest BCUT2D eigenvalue weighted by Crippen LogP contribution is 2.69. The van der Waals surface area contributed by atoms with E-state index in [0.29, 0.717) is 24.2 Å². The number of oxazole rings is 1. The average Bonchev–Trinajstić information content (AvgIpc) is 3.57. The molecule has 6 rings (SSSR count). The number of hydrogen-bond acceptors (Lipinski definition) is 7. The first-order valence-corrected chi connectivity index (χ1v) is 13.0. The topological polar surface area (TPSA) is 97.8 Å². The lowest BCUT2D eigenvalue weighted by molar-refractivity contribution is 0.0239. The average molecular weight is 518 g/mol. The van der Waals surface area contributed by atoms with Crippen LogP contribution in [0.2, 0.25) is 0 Å². The molecule has 0 amide bonds. The van der Waals surface area contributed by atoms with Crippen molar-refractivity contribution >= 4 is 0 Å². The third-order valence-electron chi connectivity index (χ3n) is 9.04. The molecule has 2 aliphatic rings. The van der Waals surface area contributed by atoms with E-state index in [-0.39, 0.29) is 28.5 Å². The van der Waals surface area contributed by atoms with Crippen LogP contribution in [0.3, 0.4) is 0 Å². The van der Waals surface area contributed by atoms with E-state index < -0.39 is 22.7 Å². The van der Waals surface area contributed by atoms with Gasteiger partial charge in [0.25, 0.3) is 0 Å². The van der Waals surface area contributed by atoms with Gasteiger partial charge in [-0.25, -0.2) is 18.7 Å². The Labute approximate surface area is 219 Å². The molecule has 1 N–H and O–H groups in total. The maximum absolute atomic E-state index is 14.5. The molecular weight excluding hydrogens is 488 g/mol. The molecule has 2 atom stereocenters. The molecule has 0 radical (unpaired) electrons. The van der Waals surface area contributed by atoms with Crippen LogP contribution in [0, 0.1) is 17.0 Å². The second-order valence-corrected chi connectivity index (χ2v) is 10.9. The van der Waals surface area contributed by atoms with Crippen molar-refractivity contribution in [3.05, 3.63) is 77.2 Å². The Balaban J connectivity index is 1.46. The van der Waals surface area contributed by atoms with Gasteiger partial charge in [0.1, 0.15) is 34.9 Å². The Morgan fingerprint density at radius 1 is 1.05 bits per heavy atom. The normalized spacial score (nSPS) is 21.6. The zero-order valence-corrected chi connectivity index (χ0v) is 21.8. The van der Waals surface area contributed by atoms with Crippen LogP contribution in [0.15, 0.2) is 47.3 Å². The molecule has 0 unspecified atom stereocenters. The first kappa shape index (κ1) is 24.7. The molecule has 0 spiro atoms. The zero-order chi connectivity index (χ0) is 26.9. The molecule has 196 valence electrons. The molecule has 2 bridgehead atoms. The molecule has 1 fully saturated rings. The van der Waals surface area contributed by atoms with Gasteiger partial charge in [-0.3, -0.25) is 4.98 Å². The van der Waals surface area contributed by atoms with Gasteiger partial charge in [0, 0.05) is 6.20 Å². The molecule has 3 aromatic heterocycles. The van der Waals surface area contributed by atoms with Crippen LogP contribution in [0.4, 0.5) is 8.78 Å². The van der Waals surface area contributed by atoms with Crippen molar-refractivity contribution in [3.8, 4) is 22.8 Å². The fourth-order valence-electron chi connectivity index (χ4n) is 6.65. The largest absolute Gasteiger partial charge is 0.443 e. The van der Waals surface area contributed by atoms with E-state index in [1.807, 2.05) is 13.8 Å². The Kier molecular flexibility index (Phi) is 5.51. The van der Waals surface area contributed by atoms with E-state index in [4.69, 9.17) is 9.40 Å². The maximum Gasteiger partial charge on any atom is 0.247 e. The third kappa shape index (κ3) is 3.24. The Morgan fingerprint density at radius 2 is 1.79 bits per heavy atom. The Morgan fingerprint density at radius 3 is 2.50 bits per heavy atom. The SMILES string of the molecule is CCC(O)(CC)c1coc(-c2cncc([C@@]34CC[C@@H](c5cc(-c6c(F)cccc6F)nnc53)C4(C)C)n2)n1. The van der Waals surface area contributed by atoms with Crippen molar-refractivity contribution < 1.29 is 18.3 Å². The van der Waals surface area contributed by atoms with Gasteiger partial charge < -0.3 is 9.52 Å². The summed E-state index contributed by atoms with van der Waals surface area (Å²) in [5.41, 5.74) is 1.43. The van der Waals surface area contributed by atoms with Crippen LogP contribution < -0.4 is 0 Å². The van der Waals surface area contributed by atoms with Gasteiger partial charge in [0.05, 0.1) is 34.3 Å². The van der Waals surface area contributed by atoms with Crippen molar-refractivity contribution in [1.29, 1.82) is 0 Å². The molecule has 0 aliphatic heterocycles. The number of benzene rings is 1. The van der Waals surface area contributed by atoms with E-state index >= 15 is 0 Å². The van der Waals surface area contributed by atoms with Crippen LogP contribution in [-0.4, -0.2) is 30.3 Å². The summed E-state index contributed by atoms with van der Waals surface area (Å²) in [5, 5.41) is 19.7. The molecule has 1 saturated carbocycles. The van der Waals surface area contributed by atoms with Crippen molar-refractivity contribution in [3.63, 3.8) is 0 Å².